The van der Waals surface area contributed by atoms with E-state index in [-0.39, 0.29) is 10.9 Å². The van der Waals surface area contributed by atoms with Gasteiger partial charge in [0.25, 0.3) is 5.56 Å². The van der Waals surface area contributed by atoms with Gasteiger partial charge in [-0.1, -0.05) is 60.2 Å². The van der Waals surface area contributed by atoms with Gasteiger partial charge in [0.05, 0.1) is 26.7 Å². The van der Waals surface area contributed by atoms with E-state index in [1.54, 1.807) is 44.9 Å². The van der Waals surface area contributed by atoms with E-state index < -0.39 is 0 Å². The molecular formula is C23H21ClN6OS3. The molecule has 2 aliphatic rings. The summed E-state index contributed by atoms with van der Waals surface area (Å²) in [5.74, 6) is 2.45. The standard InChI is InChI=1S/C23H21ClN6OS3/c1-13-12-28(19-18-16(9-11-33-18)25-22(26-19)32-2)21(13)34-23-27-29-10-8-15(24)17(29)20(31)30(23)14-6-4-3-5-7-14/h3-8,10,13,21H,9,11-12H2,1-2H3/t13-,21?/m0/s1. The Hall–Kier alpha value is -2.14. The number of benzene rings is 1. The predicted molar refractivity (Wildman–Crippen MR) is 140 cm³/mol. The molecule has 6 rings (SSSR count). The molecule has 1 saturated heterocycles. The van der Waals surface area contributed by atoms with Crippen molar-refractivity contribution in [3.63, 3.8) is 0 Å². The van der Waals surface area contributed by atoms with Crippen molar-refractivity contribution in [1.29, 1.82) is 0 Å². The number of nitrogens with zero attached hydrogens (tertiary/aromatic N) is 6. The Bertz CT molecular complexity index is 1460. The molecule has 2 aliphatic heterocycles. The van der Waals surface area contributed by atoms with Crippen LogP contribution in [0.15, 0.2) is 62.6 Å². The molecule has 0 bridgehead atoms. The highest BCUT2D eigenvalue weighted by Gasteiger charge is 2.41. The van der Waals surface area contributed by atoms with Crippen LogP contribution in [-0.4, -0.2) is 48.1 Å². The van der Waals surface area contributed by atoms with Crippen LogP contribution in [-0.2, 0) is 6.42 Å². The number of thioether (sulfide) groups is 3. The number of aryl methyl sites for hydroxylation is 1. The first kappa shape index (κ1) is 22.3. The summed E-state index contributed by atoms with van der Waals surface area (Å²) < 4.78 is 3.26. The molecule has 0 saturated carbocycles. The average molecular weight is 529 g/mol. The molecule has 174 valence electrons. The quantitative estimate of drug-likeness (QED) is 0.268. The van der Waals surface area contributed by atoms with E-state index in [1.807, 2.05) is 48.3 Å². The molecule has 34 heavy (non-hydrogen) atoms. The van der Waals surface area contributed by atoms with Crippen molar-refractivity contribution in [1.82, 2.24) is 24.1 Å². The number of fused-ring (bicyclic) bond motifs is 2. The van der Waals surface area contributed by atoms with Crippen LogP contribution in [0, 0.1) is 5.92 Å². The van der Waals surface area contributed by atoms with Gasteiger partial charge in [0, 0.05) is 30.8 Å². The van der Waals surface area contributed by atoms with Gasteiger partial charge in [0.1, 0.15) is 11.3 Å². The Labute approximate surface area is 214 Å². The third kappa shape index (κ3) is 3.62. The van der Waals surface area contributed by atoms with E-state index in [0.717, 1.165) is 41.1 Å². The third-order valence-corrected chi connectivity index (χ3v) is 9.47. The first-order chi connectivity index (χ1) is 16.5. The van der Waals surface area contributed by atoms with E-state index in [4.69, 9.17) is 26.7 Å². The van der Waals surface area contributed by atoms with Gasteiger partial charge in [-0.15, -0.1) is 16.9 Å². The maximum atomic E-state index is 13.6. The highest BCUT2D eigenvalue weighted by molar-refractivity contribution is 8.00. The van der Waals surface area contributed by atoms with Gasteiger partial charge in [0.15, 0.2) is 10.3 Å². The van der Waals surface area contributed by atoms with Crippen molar-refractivity contribution in [2.45, 2.75) is 33.9 Å². The molecule has 7 nitrogen and oxygen atoms in total. The minimum atomic E-state index is -0.180. The number of anilines is 1. The van der Waals surface area contributed by atoms with Crippen molar-refractivity contribution >= 4 is 58.2 Å². The number of hydrogen-bond acceptors (Lipinski definition) is 8. The van der Waals surface area contributed by atoms with Crippen LogP contribution in [0.3, 0.4) is 0 Å². The zero-order valence-electron chi connectivity index (χ0n) is 18.5. The maximum Gasteiger partial charge on any atom is 0.284 e. The molecule has 0 N–H and O–H groups in total. The minimum Gasteiger partial charge on any atom is -0.342 e. The fraction of sp³-hybridized carbons (Fsp3) is 0.304. The van der Waals surface area contributed by atoms with Gasteiger partial charge in [-0.3, -0.25) is 9.36 Å². The molecule has 1 fully saturated rings. The van der Waals surface area contributed by atoms with Crippen LogP contribution in [0.4, 0.5) is 5.82 Å². The second-order valence-corrected chi connectivity index (χ2v) is 11.6. The van der Waals surface area contributed by atoms with Crippen molar-refractivity contribution in [2.75, 3.05) is 23.5 Å². The van der Waals surface area contributed by atoms with Crippen LogP contribution < -0.4 is 10.5 Å². The molecule has 11 heteroatoms. The second-order valence-electron chi connectivity index (χ2n) is 8.26. The van der Waals surface area contributed by atoms with Gasteiger partial charge < -0.3 is 4.90 Å². The highest BCUT2D eigenvalue weighted by Crippen LogP contribution is 2.46. The zero-order valence-corrected chi connectivity index (χ0v) is 21.7. The number of hydrogen-bond donors (Lipinski definition) is 0. The summed E-state index contributed by atoms with van der Waals surface area (Å²) in [5.41, 5.74) is 2.11. The number of halogens is 1. The topological polar surface area (TPSA) is 68.3 Å². The summed E-state index contributed by atoms with van der Waals surface area (Å²) in [5, 5.41) is 6.74. The van der Waals surface area contributed by atoms with Crippen LogP contribution in [0.5, 0.6) is 0 Å². The predicted octanol–water partition coefficient (Wildman–Crippen LogP) is 4.87. The van der Waals surface area contributed by atoms with Crippen LogP contribution in [0.2, 0.25) is 5.02 Å². The van der Waals surface area contributed by atoms with Gasteiger partial charge >= 0.3 is 0 Å². The highest BCUT2D eigenvalue weighted by atomic mass is 35.5. The van der Waals surface area contributed by atoms with E-state index in [2.05, 4.69) is 11.8 Å². The number of rotatable bonds is 5. The summed E-state index contributed by atoms with van der Waals surface area (Å²) in [6.07, 6.45) is 4.72. The largest absolute Gasteiger partial charge is 0.342 e. The summed E-state index contributed by atoms with van der Waals surface area (Å²) in [4.78, 5) is 26.7. The Balaban J connectivity index is 1.45. The third-order valence-electron chi connectivity index (χ3n) is 6.06. The molecule has 0 amide bonds. The molecule has 2 atom stereocenters. The molecule has 3 aromatic heterocycles. The summed E-state index contributed by atoms with van der Waals surface area (Å²) >= 11 is 11.3. The lowest BCUT2D eigenvalue weighted by Gasteiger charge is -2.47. The van der Waals surface area contributed by atoms with Crippen LogP contribution >= 0.6 is 46.9 Å². The smallest absolute Gasteiger partial charge is 0.284 e. The normalized spacial score (nSPS) is 19.4. The van der Waals surface area contributed by atoms with Crippen molar-refractivity contribution in [3.8, 4) is 5.69 Å². The van der Waals surface area contributed by atoms with Crippen molar-refractivity contribution in [3.05, 3.63) is 63.7 Å². The maximum absolute atomic E-state index is 13.6. The Kier molecular flexibility index (Phi) is 5.79. The molecule has 1 aromatic carbocycles. The van der Waals surface area contributed by atoms with Crippen LogP contribution in [0.1, 0.15) is 12.6 Å². The minimum absolute atomic E-state index is 0.0975. The van der Waals surface area contributed by atoms with Gasteiger partial charge in [-0.25, -0.2) is 14.5 Å². The fourth-order valence-electron chi connectivity index (χ4n) is 4.38. The second kappa shape index (κ2) is 8.82. The van der Waals surface area contributed by atoms with E-state index in [0.29, 0.717) is 21.6 Å². The van der Waals surface area contributed by atoms with E-state index in [9.17, 15) is 4.79 Å². The first-order valence-corrected chi connectivity index (χ1v) is 14.4. The van der Waals surface area contributed by atoms with Gasteiger partial charge in [-0.05, 0) is 24.5 Å². The Morgan fingerprint density at radius 1 is 1.18 bits per heavy atom. The monoisotopic (exact) mass is 528 g/mol. The molecule has 1 unspecified atom stereocenters. The number of para-hydroxylation sites is 1. The van der Waals surface area contributed by atoms with Gasteiger partial charge in [0.2, 0.25) is 0 Å². The lowest BCUT2D eigenvalue weighted by molar-refractivity contribution is 0.403. The summed E-state index contributed by atoms with van der Waals surface area (Å²) in [7, 11) is 0. The number of aromatic nitrogens is 5. The molecule has 0 radical (unpaired) electrons. The molecule has 5 heterocycles. The molecule has 4 aromatic rings. The average Bonchev–Trinajstić information content (AvgIpc) is 3.47. The van der Waals surface area contributed by atoms with E-state index >= 15 is 0 Å². The zero-order chi connectivity index (χ0) is 23.4. The summed E-state index contributed by atoms with van der Waals surface area (Å²) in [6.45, 7) is 3.14. The lowest BCUT2D eigenvalue weighted by atomic mass is 10.0. The van der Waals surface area contributed by atoms with E-state index in [1.165, 1.54) is 4.90 Å². The molecular weight excluding hydrogens is 508 g/mol. The molecule has 0 spiro atoms. The fourth-order valence-corrected chi connectivity index (χ4v) is 7.36. The van der Waals surface area contributed by atoms with Crippen molar-refractivity contribution < 1.29 is 0 Å². The first-order valence-electron chi connectivity index (χ1n) is 10.9. The Morgan fingerprint density at radius 3 is 2.76 bits per heavy atom. The summed E-state index contributed by atoms with van der Waals surface area (Å²) in [6, 6.07) is 11.3. The molecule has 0 aliphatic carbocycles. The SMILES string of the molecule is CSc1nc2c(c(N3C[C@H](C)C3Sc3nn4ccc(Cl)c4c(=O)n3-c3ccccc3)n1)SCC2. The Morgan fingerprint density at radius 2 is 2.00 bits per heavy atom. The van der Waals surface area contributed by atoms with Crippen LogP contribution in [0.25, 0.3) is 11.2 Å². The van der Waals surface area contributed by atoms with Gasteiger partial charge in [-0.2, -0.15) is 0 Å². The van der Waals surface area contributed by atoms with Crippen molar-refractivity contribution in [2.24, 2.45) is 5.92 Å². The lowest BCUT2D eigenvalue weighted by Crippen LogP contribution is -2.54.